The lowest BCUT2D eigenvalue weighted by molar-refractivity contribution is -0.118. The van der Waals surface area contributed by atoms with Crippen LogP contribution >= 0.6 is 23.4 Å². The lowest BCUT2D eigenvalue weighted by Crippen LogP contribution is -2.38. The highest BCUT2D eigenvalue weighted by atomic mass is 35.5. The molecule has 0 aliphatic carbocycles. The van der Waals surface area contributed by atoms with Crippen molar-refractivity contribution in [1.82, 2.24) is 10.2 Å². The Bertz CT molecular complexity index is 424. The molecule has 1 unspecified atom stereocenters. The van der Waals surface area contributed by atoms with E-state index in [-0.39, 0.29) is 11.9 Å². The maximum absolute atomic E-state index is 11.7. The molecule has 0 aromatic heterocycles. The van der Waals surface area contributed by atoms with Gasteiger partial charge >= 0.3 is 0 Å². The number of carbonyl (C=O) groups is 1. The molecule has 112 valence electrons. The number of amides is 1. The quantitative estimate of drug-likeness (QED) is 0.799. The first-order valence-corrected chi connectivity index (χ1v) is 8.65. The molecule has 0 saturated carbocycles. The molecular weight excluding hydrogens is 292 g/mol. The van der Waals surface area contributed by atoms with Crippen LogP contribution in [0.15, 0.2) is 24.3 Å². The standard InChI is InChI=1S/C15H23ClN2OS/c1-4-18(5-2)14(10-17-15(19)11-20-3)12-8-6-7-9-13(12)16/h6-9,14H,4-5,10-11H2,1-3H3,(H,17,19). The Labute approximate surface area is 131 Å². The van der Waals surface area contributed by atoms with Crippen molar-refractivity contribution in [1.29, 1.82) is 0 Å². The van der Waals surface area contributed by atoms with Crippen molar-refractivity contribution in [2.45, 2.75) is 19.9 Å². The van der Waals surface area contributed by atoms with Crippen molar-refractivity contribution in [3.63, 3.8) is 0 Å². The van der Waals surface area contributed by atoms with E-state index in [2.05, 4.69) is 24.1 Å². The number of halogens is 1. The summed E-state index contributed by atoms with van der Waals surface area (Å²) >= 11 is 7.84. The third-order valence-electron chi connectivity index (χ3n) is 3.29. The summed E-state index contributed by atoms with van der Waals surface area (Å²) in [4.78, 5) is 14.0. The second-order valence-corrected chi connectivity index (χ2v) is 5.77. The Balaban J connectivity index is 2.86. The molecule has 0 aliphatic heterocycles. The van der Waals surface area contributed by atoms with Gasteiger partial charge in [0.1, 0.15) is 0 Å². The minimum atomic E-state index is 0.0710. The van der Waals surface area contributed by atoms with Gasteiger partial charge in [0.15, 0.2) is 0 Å². The number of carbonyl (C=O) groups excluding carboxylic acids is 1. The first kappa shape index (κ1) is 17.3. The predicted molar refractivity (Wildman–Crippen MR) is 88.5 cm³/mol. The third kappa shape index (κ3) is 5.00. The Morgan fingerprint density at radius 2 is 2.00 bits per heavy atom. The van der Waals surface area contributed by atoms with Crippen LogP contribution in [-0.4, -0.2) is 42.4 Å². The molecular formula is C15H23ClN2OS. The van der Waals surface area contributed by atoms with E-state index >= 15 is 0 Å². The first-order valence-electron chi connectivity index (χ1n) is 6.88. The molecule has 0 heterocycles. The predicted octanol–water partition coefficient (Wildman–Crippen LogP) is 3.20. The van der Waals surface area contributed by atoms with Crippen LogP contribution < -0.4 is 5.32 Å². The van der Waals surface area contributed by atoms with Gasteiger partial charge in [-0.3, -0.25) is 9.69 Å². The third-order valence-corrected chi connectivity index (χ3v) is 4.18. The zero-order chi connectivity index (χ0) is 15.0. The lowest BCUT2D eigenvalue weighted by Gasteiger charge is -2.30. The number of nitrogens with one attached hydrogen (secondary N) is 1. The maximum Gasteiger partial charge on any atom is 0.230 e. The summed E-state index contributed by atoms with van der Waals surface area (Å²) < 4.78 is 0. The molecule has 1 N–H and O–H groups in total. The molecule has 1 atom stereocenters. The van der Waals surface area contributed by atoms with Crippen LogP contribution in [0.2, 0.25) is 5.02 Å². The van der Waals surface area contributed by atoms with Crippen LogP contribution in [0.4, 0.5) is 0 Å². The van der Waals surface area contributed by atoms with E-state index in [1.165, 1.54) is 11.8 Å². The number of hydrogen-bond acceptors (Lipinski definition) is 3. The largest absolute Gasteiger partial charge is 0.353 e. The fourth-order valence-corrected chi connectivity index (χ4v) is 2.86. The highest BCUT2D eigenvalue weighted by molar-refractivity contribution is 7.99. The summed E-state index contributed by atoms with van der Waals surface area (Å²) in [5.41, 5.74) is 1.07. The van der Waals surface area contributed by atoms with Crippen molar-refractivity contribution in [2.24, 2.45) is 0 Å². The minimum absolute atomic E-state index is 0.0710. The fraction of sp³-hybridized carbons (Fsp3) is 0.533. The van der Waals surface area contributed by atoms with E-state index in [1.807, 2.05) is 30.5 Å². The Morgan fingerprint density at radius 1 is 1.35 bits per heavy atom. The normalized spacial score (nSPS) is 12.4. The lowest BCUT2D eigenvalue weighted by atomic mass is 10.0. The van der Waals surface area contributed by atoms with E-state index in [4.69, 9.17) is 11.6 Å². The molecule has 1 aromatic rings. The van der Waals surface area contributed by atoms with Gasteiger partial charge in [0.25, 0.3) is 0 Å². The van der Waals surface area contributed by atoms with Crippen molar-refractivity contribution in [3.05, 3.63) is 34.9 Å². The Hall–Kier alpha value is -0.710. The van der Waals surface area contributed by atoms with Gasteiger partial charge in [-0.25, -0.2) is 0 Å². The highest BCUT2D eigenvalue weighted by Gasteiger charge is 2.20. The molecule has 1 amide bonds. The number of benzene rings is 1. The summed E-state index contributed by atoms with van der Waals surface area (Å²) in [5, 5.41) is 3.75. The monoisotopic (exact) mass is 314 g/mol. The zero-order valence-corrected chi connectivity index (χ0v) is 13.9. The first-order chi connectivity index (χ1) is 9.63. The van der Waals surface area contributed by atoms with Crippen molar-refractivity contribution < 1.29 is 4.79 Å². The van der Waals surface area contributed by atoms with Gasteiger partial charge in [0.05, 0.1) is 11.8 Å². The van der Waals surface area contributed by atoms with Crippen LogP contribution in [-0.2, 0) is 4.79 Å². The molecule has 0 radical (unpaired) electrons. The SMILES string of the molecule is CCN(CC)C(CNC(=O)CSC)c1ccccc1Cl. The molecule has 20 heavy (non-hydrogen) atoms. The molecule has 1 aromatic carbocycles. The number of thioether (sulfide) groups is 1. The van der Waals surface area contributed by atoms with E-state index < -0.39 is 0 Å². The van der Waals surface area contributed by atoms with E-state index in [1.54, 1.807) is 0 Å². The number of nitrogens with zero attached hydrogens (tertiary/aromatic N) is 1. The smallest absolute Gasteiger partial charge is 0.230 e. The molecule has 0 bridgehead atoms. The van der Waals surface area contributed by atoms with Gasteiger partial charge in [0, 0.05) is 11.6 Å². The second kappa shape index (κ2) is 9.27. The average molecular weight is 315 g/mol. The van der Waals surface area contributed by atoms with Gasteiger partial charge < -0.3 is 5.32 Å². The summed E-state index contributed by atoms with van der Waals surface area (Å²) in [5.74, 6) is 0.565. The Kier molecular flexibility index (Phi) is 8.04. The van der Waals surface area contributed by atoms with Gasteiger partial charge in [-0.05, 0) is 31.0 Å². The summed E-state index contributed by atoms with van der Waals surface area (Å²) in [6, 6.07) is 7.96. The highest BCUT2D eigenvalue weighted by Crippen LogP contribution is 2.26. The molecule has 0 fully saturated rings. The van der Waals surface area contributed by atoms with Gasteiger partial charge in [-0.2, -0.15) is 11.8 Å². The fourth-order valence-electron chi connectivity index (χ4n) is 2.24. The molecule has 0 aliphatic rings. The Morgan fingerprint density at radius 3 is 2.55 bits per heavy atom. The van der Waals surface area contributed by atoms with E-state index in [0.717, 1.165) is 23.7 Å². The number of likely N-dealkylation sites (N-methyl/N-ethyl adjacent to an activating group) is 1. The van der Waals surface area contributed by atoms with E-state index in [0.29, 0.717) is 12.3 Å². The second-order valence-electron chi connectivity index (χ2n) is 4.50. The van der Waals surface area contributed by atoms with Crippen molar-refractivity contribution >= 4 is 29.3 Å². The van der Waals surface area contributed by atoms with Gasteiger partial charge in [-0.15, -0.1) is 0 Å². The zero-order valence-electron chi connectivity index (χ0n) is 12.4. The van der Waals surface area contributed by atoms with Crippen LogP contribution in [0, 0.1) is 0 Å². The maximum atomic E-state index is 11.7. The van der Waals surface area contributed by atoms with E-state index in [9.17, 15) is 4.79 Å². The minimum Gasteiger partial charge on any atom is -0.353 e. The molecule has 5 heteroatoms. The van der Waals surface area contributed by atoms with Gasteiger partial charge in [-0.1, -0.05) is 43.6 Å². The van der Waals surface area contributed by atoms with Crippen LogP contribution in [0.25, 0.3) is 0 Å². The molecule has 3 nitrogen and oxygen atoms in total. The summed E-state index contributed by atoms with van der Waals surface area (Å²) in [6.45, 7) is 6.68. The molecule has 0 saturated heterocycles. The summed E-state index contributed by atoms with van der Waals surface area (Å²) in [6.07, 6.45) is 1.93. The molecule has 0 spiro atoms. The summed E-state index contributed by atoms with van der Waals surface area (Å²) in [7, 11) is 0. The molecule has 1 rings (SSSR count). The van der Waals surface area contributed by atoms with Crippen molar-refractivity contribution in [2.75, 3.05) is 31.6 Å². The number of hydrogen-bond donors (Lipinski definition) is 1. The average Bonchev–Trinajstić information content (AvgIpc) is 2.45. The number of rotatable bonds is 8. The van der Waals surface area contributed by atoms with Crippen LogP contribution in [0.5, 0.6) is 0 Å². The van der Waals surface area contributed by atoms with Crippen LogP contribution in [0.1, 0.15) is 25.5 Å². The van der Waals surface area contributed by atoms with Crippen molar-refractivity contribution in [3.8, 4) is 0 Å². The van der Waals surface area contributed by atoms with Gasteiger partial charge in [0.2, 0.25) is 5.91 Å². The topological polar surface area (TPSA) is 32.3 Å². The van der Waals surface area contributed by atoms with Crippen LogP contribution in [0.3, 0.4) is 0 Å².